The molecule has 1 N–H and O–H groups in total. The lowest BCUT2D eigenvalue weighted by molar-refractivity contribution is -0.383. The van der Waals surface area contributed by atoms with Gasteiger partial charge in [-0.3, -0.25) is 19.6 Å². The molecule has 0 saturated heterocycles. The molecule has 24 heavy (non-hydrogen) atoms. The number of anilines is 1. The number of nitro benzene ring substituents is 1. The summed E-state index contributed by atoms with van der Waals surface area (Å²) in [6.45, 7) is 0.705. The Labute approximate surface area is 138 Å². The largest absolute Gasteiger partial charge is 0.436 e. The van der Waals surface area contributed by atoms with Gasteiger partial charge in [-0.25, -0.2) is 0 Å². The number of amides is 1. The molecule has 0 radical (unpaired) electrons. The standard InChI is InChI=1S/C13H10ClF3N4O3/c1-7-11(14)12(13(15,16)17)19-20(7)6-10(22)18-8-4-2-3-5-9(8)21(23)24/h2-5H,6H2,1H3,(H,18,22). The second kappa shape index (κ2) is 6.48. The van der Waals surface area contributed by atoms with Crippen LogP contribution in [0, 0.1) is 17.0 Å². The Balaban J connectivity index is 2.21. The summed E-state index contributed by atoms with van der Waals surface area (Å²) >= 11 is 5.58. The average molecular weight is 363 g/mol. The van der Waals surface area contributed by atoms with E-state index in [9.17, 15) is 28.1 Å². The van der Waals surface area contributed by atoms with Crippen LogP contribution in [-0.2, 0) is 17.5 Å². The van der Waals surface area contributed by atoms with Gasteiger partial charge < -0.3 is 5.32 Å². The summed E-state index contributed by atoms with van der Waals surface area (Å²) in [4.78, 5) is 22.1. The summed E-state index contributed by atoms with van der Waals surface area (Å²) in [6, 6.07) is 5.38. The Bertz CT molecular complexity index is 804. The number of alkyl halides is 3. The lowest BCUT2D eigenvalue weighted by Crippen LogP contribution is -2.21. The van der Waals surface area contributed by atoms with E-state index < -0.39 is 34.3 Å². The van der Waals surface area contributed by atoms with Gasteiger partial charge in [-0.15, -0.1) is 0 Å². The van der Waals surface area contributed by atoms with Gasteiger partial charge in [0.2, 0.25) is 5.91 Å². The van der Waals surface area contributed by atoms with E-state index in [0.717, 1.165) is 4.68 Å². The van der Waals surface area contributed by atoms with Crippen LogP contribution in [0.1, 0.15) is 11.4 Å². The zero-order chi connectivity index (χ0) is 18.1. The van der Waals surface area contributed by atoms with Crippen molar-refractivity contribution >= 4 is 28.9 Å². The van der Waals surface area contributed by atoms with Gasteiger partial charge in [0.15, 0.2) is 5.69 Å². The molecule has 0 unspecified atom stereocenters. The van der Waals surface area contributed by atoms with Crippen molar-refractivity contribution in [3.63, 3.8) is 0 Å². The van der Waals surface area contributed by atoms with E-state index in [0.29, 0.717) is 0 Å². The summed E-state index contributed by atoms with van der Waals surface area (Å²) in [5, 5.41) is 15.8. The maximum Gasteiger partial charge on any atom is 0.436 e. The second-order valence-corrected chi connectivity index (χ2v) is 5.10. The van der Waals surface area contributed by atoms with Crippen molar-refractivity contribution < 1.29 is 22.9 Å². The number of nitro groups is 1. The van der Waals surface area contributed by atoms with Gasteiger partial charge in [0, 0.05) is 6.07 Å². The first kappa shape index (κ1) is 17.7. The smallest absolute Gasteiger partial charge is 0.319 e. The third-order valence-electron chi connectivity index (χ3n) is 3.07. The fraction of sp³-hybridized carbons (Fsp3) is 0.231. The van der Waals surface area contributed by atoms with Crippen molar-refractivity contribution in [2.24, 2.45) is 0 Å². The van der Waals surface area contributed by atoms with E-state index in [1.165, 1.54) is 31.2 Å². The number of rotatable bonds is 4. The molecule has 1 aromatic carbocycles. The highest BCUT2D eigenvalue weighted by atomic mass is 35.5. The Hall–Kier alpha value is -2.62. The Kier molecular flexibility index (Phi) is 4.78. The summed E-state index contributed by atoms with van der Waals surface area (Å²) < 4.78 is 39.0. The van der Waals surface area contributed by atoms with Gasteiger partial charge in [0.25, 0.3) is 5.69 Å². The van der Waals surface area contributed by atoms with Crippen LogP contribution in [0.4, 0.5) is 24.5 Å². The van der Waals surface area contributed by atoms with Crippen molar-refractivity contribution in [2.75, 3.05) is 5.32 Å². The second-order valence-electron chi connectivity index (χ2n) is 4.73. The van der Waals surface area contributed by atoms with Crippen LogP contribution in [0.25, 0.3) is 0 Å². The van der Waals surface area contributed by atoms with Crippen LogP contribution in [0.3, 0.4) is 0 Å². The number of hydrogen-bond donors (Lipinski definition) is 1. The molecule has 1 heterocycles. The number of carbonyl (C=O) groups is 1. The SMILES string of the molecule is Cc1c(Cl)c(C(F)(F)F)nn1CC(=O)Nc1ccccc1[N+](=O)[O-]. The van der Waals surface area contributed by atoms with E-state index >= 15 is 0 Å². The molecule has 0 aliphatic rings. The maximum atomic E-state index is 12.7. The van der Waals surface area contributed by atoms with Gasteiger partial charge in [-0.05, 0) is 13.0 Å². The number of aromatic nitrogens is 2. The molecule has 0 spiro atoms. The molecule has 2 aromatic rings. The van der Waals surface area contributed by atoms with Crippen molar-refractivity contribution in [2.45, 2.75) is 19.6 Å². The molecule has 1 aromatic heterocycles. The minimum Gasteiger partial charge on any atom is -0.319 e. The Morgan fingerprint density at radius 3 is 2.58 bits per heavy atom. The van der Waals surface area contributed by atoms with Crippen LogP contribution >= 0.6 is 11.6 Å². The van der Waals surface area contributed by atoms with E-state index in [1.54, 1.807) is 0 Å². The quantitative estimate of drug-likeness (QED) is 0.666. The minimum atomic E-state index is -4.75. The highest BCUT2D eigenvalue weighted by molar-refractivity contribution is 6.32. The Morgan fingerprint density at radius 2 is 2.04 bits per heavy atom. The summed E-state index contributed by atoms with van der Waals surface area (Å²) in [5.74, 6) is -0.778. The first-order valence-corrected chi connectivity index (χ1v) is 6.82. The highest BCUT2D eigenvalue weighted by Crippen LogP contribution is 2.35. The molecule has 7 nitrogen and oxygen atoms in total. The molecule has 0 aliphatic heterocycles. The van der Waals surface area contributed by atoms with Crippen molar-refractivity contribution in [1.82, 2.24) is 9.78 Å². The van der Waals surface area contributed by atoms with E-state index in [1.807, 2.05) is 0 Å². The maximum absolute atomic E-state index is 12.7. The number of nitrogens with zero attached hydrogens (tertiary/aromatic N) is 3. The molecular weight excluding hydrogens is 353 g/mol. The van der Waals surface area contributed by atoms with Gasteiger partial charge in [-0.2, -0.15) is 18.3 Å². The first-order chi connectivity index (χ1) is 11.1. The number of para-hydroxylation sites is 2. The molecule has 0 saturated carbocycles. The molecule has 11 heteroatoms. The lowest BCUT2D eigenvalue weighted by Gasteiger charge is -2.07. The molecule has 128 valence electrons. The molecule has 0 fully saturated rings. The van der Waals surface area contributed by atoms with Crippen LogP contribution in [0.5, 0.6) is 0 Å². The van der Waals surface area contributed by atoms with E-state index in [-0.39, 0.29) is 17.1 Å². The molecule has 0 atom stereocenters. The van der Waals surface area contributed by atoms with Crippen LogP contribution in [0.15, 0.2) is 24.3 Å². The summed E-state index contributed by atoms with van der Waals surface area (Å²) in [5.41, 5.74) is -1.74. The molecule has 2 rings (SSSR count). The minimum absolute atomic E-state index is 0.0401. The van der Waals surface area contributed by atoms with Gasteiger partial charge in [0.05, 0.1) is 15.6 Å². The summed E-state index contributed by atoms with van der Waals surface area (Å²) in [7, 11) is 0. The number of halogens is 4. The fourth-order valence-corrected chi connectivity index (χ4v) is 2.17. The third-order valence-corrected chi connectivity index (χ3v) is 3.52. The zero-order valence-electron chi connectivity index (χ0n) is 12.1. The third kappa shape index (κ3) is 3.65. The molecule has 0 bridgehead atoms. The molecule has 1 amide bonds. The van der Waals surface area contributed by atoms with Crippen molar-refractivity contribution in [3.8, 4) is 0 Å². The predicted octanol–water partition coefficient (Wildman–Crippen LogP) is 3.41. The fourth-order valence-electron chi connectivity index (χ4n) is 1.92. The number of benzene rings is 1. The average Bonchev–Trinajstić information content (AvgIpc) is 2.76. The van der Waals surface area contributed by atoms with Gasteiger partial charge in [0.1, 0.15) is 12.2 Å². The van der Waals surface area contributed by atoms with Gasteiger partial charge >= 0.3 is 6.18 Å². The summed E-state index contributed by atoms with van der Waals surface area (Å²) in [6.07, 6.45) is -4.75. The highest BCUT2D eigenvalue weighted by Gasteiger charge is 2.38. The monoisotopic (exact) mass is 362 g/mol. The van der Waals surface area contributed by atoms with Gasteiger partial charge in [-0.1, -0.05) is 23.7 Å². The Morgan fingerprint density at radius 1 is 1.42 bits per heavy atom. The number of nitrogens with one attached hydrogen (secondary N) is 1. The van der Waals surface area contributed by atoms with Crippen LogP contribution in [0.2, 0.25) is 5.02 Å². The van der Waals surface area contributed by atoms with Crippen molar-refractivity contribution in [3.05, 3.63) is 50.8 Å². The van der Waals surface area contributed by atoms with Crippen LogP contribution < -0.4 is 5.32 Å². The predicted molar refractivity (Wildman–Crippen MR) is 78.7 cm³/mol. The topological polar surface area (TPSA) is 90.1 Å². The molecule has 0 aliphatic carbocycles. The number of carbonyl (C=O) groups excluding carboxylic acids is 1. The van der Waals surface area contributed by atoms with Crippen molar-refractivity contribution in [1.29, 1.82) is 0 Å². The number of hydrogen-bond acceptors (Lipinski definition) is 4. The normalized spacial score (nSPS) is 11.4. The van der Waals surface area contributed by atoms with Crippen LogP contribution in [-0.4, -0.2) is 20.6 Å². The lowest BCUT2D eigenvalue weighted by atomic mass is 10.2. The van der Waals surface area contributed by atoms with E-state index in [4.69, 9.17) is 11.6 Å². The zero-order valence-corrected chi connectivity index (χ0v) is 12.9. The molecular formula is C13H10ClF3N4O3. The van der Waals surface area contributed by atoms with E-state index in [2.05, 4.69) is 10.4 Å². The first-order valence-electron chi connectivity index (χ1n) is 6.44.